The number of ether oxygens (including phenoxy) is 1. The van der Waals surface area contributed by atoms with Crippen molar-refractivity contribution < 1.29 is 9.31 Å². The van der Waals surface area contributed by atoms with Gasteiger partial charge in [-0.1, -0.05) is 63.3 Å². The molecule has 0 saturated carbocycles. The van der Waals surface area contributed by atoms with Crippen molar-refractivity contribution in [3.63, 3.8) is 0 Å². The third kappa shape index (κ3) is 5.62. The van der Waals surface area contributed by atoms with E-state index >= 15 is 0 Å². The Hall–Kier alpha value is -2.95. The number of nitrogens with zero attached hydrogens (tertiary/aromatic N) is 3. The number of likely N-dealkylation sites (N-methyl/N-ethyl adjacent to an activating group) is 2. The molecule has 0 radical (unpaired) electrons. The minimum Gasteiger partial charge on any atom is -0.377 e. The van der Waals surface area contributed by atoms with Gasteiger partial charge in [0, 0.05) is 60.6 Å². The van der Waals surface area contributed by atoms with E-state index < -0.39 is 0 Å². The van der Waals surface area contributed by atoms with Crippen molar-refractivity contribution in [1.29, 1.82) is 0 Å². The van der Waals surface area contributed by atoms with E-state index in [-0.39, 0.29) is 16.9 Å². The molecule has 0 fully saturated rings. The fourth-order valence-corrected chi connectivity index (χ4v) is 6.69. The number of rotatable bonds is 9. The molecule has 0 bridgehead atoms. The highest BCUT2D eigenvalue weighted by Crippen LogP contribution is 2.49. The van der Waals surface area contributed by atoms with Crippen LogP contribution in [-0.4, -0.2) is 62.1 Å². The largest absolute Gasteiger partial charge is 0.377 e. The fraction of sp³-hybridized carbons (Fsp3) is 0.472. The van der Waals surface area contributed by atoms with Crippen molar-refractivity contribution in [2.75, 3.05) is 39.7 Å². The summed E-state index contributed by atoms with van der Waals surface area (Å²) in [6, 6.07) is 7.40. The molecule has 0 amide bonds. The van der Waals surface area contributed by atoms with Crippen LogP contribution in [0.3, 0.4) is 0 Å². The lowest BCUT2D eigenvalue weighted by Crippen LogP contribution is -2.40. The van der Waals surface area contributed by atoms with Crippen molar-refractivity contribution in [3.05, 3.63) is 101 Å². The Morgan fingerprint density at radius 2 is 1.77 bits per heavy atom. The predicted molar refractivity (Wildman–Crippen MR) is 171 cm³/mol. The quantitative estimate of drug-likeness (QED) is 0.244. The van der Waals surface area contributed by atoms with Crippen molar-refractivity contribution in [3.8, 4) is 0 Å². The van der Waals surface area contributed by atoms with Gasteiger partial charge in [-0.3, -0.25) is 0 Å². The molecule has 0 N–H and O–H groups in total. The van der Waals surface area contributed by atoms with Gasteiger partial charge >= 0.3 is 0 Å². The van der Waals surface area contributed by atoms with Gasteiger partial charge in [-0.2, -0.15) is 4.58 Å². The van der Waals surface area contributed by atoms with E-state index in [9.17, 15) is 0 Å². The monoisotopic (exact) mass is 540 g/mol. The number of allylic oxidation sites excluding steroid dienone is 9. The van der Waals surface area contributed by atoms with Crippen LogP contribution in [0.5, 0.6) is 0 Å². The Bertz CT molecular complexity index is 1330. The molecule has 3 aliphatic rings. The van der Waals surface area contributed by atoms with Crippen LogP contribution in [0.2, 0.25) is 0 Å². The predicted octanol–water partition coefficient (Wildman–Crippen LogP) is 7.20. The Balaban J connectivity index is 1.52. The van der Waals surface area contributed by atoms with Gasteiger partial charge in [0.2, 0.25) is 5.70 Å². The summed E-state index contributed by atoms with van der Waals surface area (Å²) in [5.74, 6) is 0. The minimum atomic E-state index is -0.0489. The average Bonchev–Trinajstić information content (AvgIpc) is 3.25. The van der Waals surface area contributed by atoms with E-state index in [2.05, 4.69) is 150 Å². The third-order valence-corrected chi connectivity index (χ3v) is 8.93. The molecular formula is C36H50N3O+. The van der Waals surface area contributed by atoms with Crippen LogP contribution in [0.15, 0.2) is 89.9 Å². The molecule has 1 aromatic carbocycles. The number of aryl methyl sites for hydroxylation is 1. The minimum absolute atomic E-state index is 0.0103. The van der Waals surface area contributed by atoms with Crippen LogP contribution in [0.4, 0.5) is 5.69 Å². The van der Waals surface area contributed by atoms with Crippen LogP contribution >= 0.6 is 0 Å². The molecule has 0 spiro atoms. The second-order valence-corrected chi connectivity index (χ2v) is 12.8. The first-order valence-corrected chi connectivity index (χ1v) is 14.8. The lowest BCUT2D eigenvalue weighted by atomic mass is 9.77. The van der Waals surface area contributed by atoms with Gasteiger partial charge in [-0.05, 0) is 70.6 Å². The number of hydrogen-bond acceptors (Lipinski definition) is 3. The maximum atomic E-state index is 5.62. The molecule has 4 nitrogen and oxygen atoms in total. The summed E-state index contributed by atoms with van der Waals surface area (Å²) in [6.07, 6.45) is 21.9. The highest BCUT2D eigenvalue weighted by Gasteiger charge is 2.46. The molecule has 2 aliphatic heterocycles. The van der Waals surface area contributed by atoms with E-state index in [0.29, 0.717) is 6.04 Å². The summed E-state index contributed by atoms with van der Waals surface area (Å²) in [4.78, 5) is 4.83. The number of fused-ring (bicyclic) bond motifs is 1. The summed E-state index contributed by atoms with van der Waals surface area (Å²) < 4.78 is 7.95. The van der Waals surface area contributed by atoms with Gasteiger partial charge in [-0.15, -0.1) is 0 Å². The normalized spacial score (nSPS) is 23.6. The highest BCUT2D eigenvalue weighted by molar-refractivity contribution is 5.99. The SMILES string of the molecule is CCc1ccc2c(c1)C(C)(C)C(=CC=CC=CC=CC1=[N+](C)C3=C(CC(OC)C=C3)C1(C)C)N2C(C)CN(C)C. The zero-order chi connectivity index (χ0) is 29.2. The molecule has 0 saturated heterocycles. The van der Waals surface area contributed by atoms with Crippen LogP contribution in [-0.2, 0) is 16.6 Å². The topological polar surface area (TPSA) is 18.7 Å². The maximum absolute atomic E-state index is 5.62. The summed E-state index contributed by atoms with van der Waals surface area (Å²) in [7, 11) is 8.27. The van der Waals surface area contributed by atoms with Crippen LogP contribution < -0.4 is 4.90 Å². The van der Waals surface area contributed by atoms with Crippen LogP contribution in [0, 0.1) is 5.41 Å². The van der Waals surface area contributed by atoms with Crippen molar-refractivity contribution >= 4 is 11.4 Å². The number of hydrogen-bond donors (Lipinski definition) is 0. The third-order valence-electron chi connectivity index (χ3n) is 8.93. The van der Waals surface area contributed by atoms with Gasteiger partial charge in [0.15, 0.2) is 5.71 Å². The zero-order valence-corrected chi connectivity index (χ0v) is 26.5. The summed E-state index contributed by atoms with van der Waals surface area (Å²) >= 11 is 0. The zero-order valence-electron chi connectivity index (χ0n) is 26.5. The van der Waals surface area contributed by atoms with E-state index in [0.717, 1.165) is 19.4 Å². The van der Waals surface area contributed by atoms with E-state index in [1.54, 1.807) is 7.11 Å². The Labute approximate surface area is 243 Å². The van der Waals surface area contributed by atoms with Crippen molar-refractivity contribution in [2.24, 2.45) is 5.41 Å². The molecule has 1 aliphatic carbocycles. The highest BCUT2D eigenvalue weighted by atomic mass is 16.5. The molecule has 2 unspecified atom stereocenters. The first kappa shape index (κ1) is 30.0. The van der Waals surface area contributed by atoms with Gasteiger partial charge in [0.05, 0.1) is 11.5 Å². The average molecular weight is 541 g/mol. The Kier molecular flexibility index (Phi) is 8.92. The number of methoxy groups -OCH3 is 1. The molecule has 40 heavy (non-hydrogen) atoms. The lowest BCUT2D eigenvalue weighted by molar-refractivity contribution is -0.435. The molecule has 214 valence electrons. The van der Waals surface area contributed by atoms with Gasteiger partial charge < -0.3 is 14.5 Å². The van der Waals surface area contributed by atoms with Crippen molar-refractivity contribution in [1.82, 2.24) is 4.90 Å². The second kappa shape index (κ2) is 11.9. The number of anilines is 1. The molecule has 0 aromatic heterocycles. The van der Waals surface area contributed by atoms with E-state index in [4.69, 9.17) is 4.74 Å². The molecule has 4 rings (SSSR count). The lowest BCUT2D eigenvalue weighted by Gasteiger charge is -2.33. The summed E-state index contributed by atoms with van der Waals surface area (Å²) in [6.45, 7) is 14.9. The molecular weight excluding hydrogens is 490 g/mol. The van der Waals surface area contributed by atoms with Gasteiger partial charge in [0.25, 0.3) is 0 Å². The maximum Gasteiger partial charge on any atom is 0.205 e. The molecule has 4 heteroatoms. The molecule has 2 heterocycles. The molecule has 1 aromatic rings. The van der Waals surface area contributed by atoms with E-state index in [1.807, 2.05) is 0 Å². The standard InChI is InChI=1S/C36H50N3O/c1-11-27-19-21-32-29(23-27)36(5,6)34(39(32)26(2)25-37(7)8)18-16-14-12-13-15-17-33-35(3,4)30-24-28(40-10)20-22-31(30)38(33)9/h12-23,26,28H,11,24-25H2,1-10H3/q+1. The van der Waals surface area contributed by atoms with Crippen molar-refractivity contribution in [2.45, 2.75) is 71.9 Å². The van der Waals surface area contributed by atoms with Gasteiger partial charge in [-0.25, -0.2) is 0 Å². The Morgan fingerprint density at radius 1 is 1.07 bits per heavy atom. The second-order valence-electron chi connectivity index (χ2n) is 12.8. The first-order valence-electron chi connectivity index (χ1n) is 14.8. The summed E-state index contributed by atoms with van der Waals surface area (Å²) in [5.41, 5.74) is 9.56. The Morgan fingerprint density at radius 3 is 2.45 bits per heavy atom. The smallest absolute Gasteiger partial charge is 0.205 e. The fourth-order valence-electron chi connectivity index (χ4n) is 6.69. The molecule has 2 atom stereocenters. The van der Waals surface area contributed by atoms with Crippen LogP contribution in [0.1, 0.15) is 59.1 Å². The van der Waals surface area contributed by atoms with Crippen LogP contribution in [0.25, 0.3) is 0 Å². The van der Waals surface area contributed by atoms with E-state index in [1.165, 1.54) is 39.5 Å². The van der Waals surface area contributed by atoms with Gasteiger partial charge in [0.1, 0.15) is 7.05 Å². The number of benzene rings is 1. The summed E-state index contributed by atoms with van der Waals surface area (Å²) in [5, 5.41) is 0. The first-order chi connectivity index (χ1) is 18.9.